The normalized spacial score (nSPS) is 23.7. The number of hydrogen-bond acceptors (Lipinski definition) is 4. The lowest BCUT2D eigenvalue weighted by atomic mass is 9.32. The van der Waals surface area contributed by atoms with E-state index < -0.39 is 0 Å². The lowest BCUT2D eigenvalue weighted by molar-refractivity contribution is 0.195. The van der Waals surface area contributed by atoms with Gasteiger partial charge >= 0.3 is 0 Å². The second-order valence-corrected chi connectivity index (χ2v) is 30.9. The molecule has 0 radical (unpaired) electrons. The number of benzene rings is 8. The molecule has 1 aromatic heterocycles. The van der Waals surface area contributed by atoms with Crippen LogP contribution in [0.1, 0.15) is 198 Å². The van der Waals surface area contributed by atoms with Gasteiger partial charge in [-0.1, -0.05) is 182 Å². The van der Waals surface area contributed by atoms with Crippen molar-refractivity contribution in [2.45, 2.75) is 192 Å². The van der Waals surface area contributed by atoms with Gasteiger partial charge in [0.1, 0.15) is 11.2 Å². The maximum absolute atomic E-state index is 6.90. The Kier molecular flexibility index (Phi) is 10.2. The van der Waals surface area contributed by atoms with Crippen molar-refractivity contribution in [2.24, 2.45) is 0 Å². The Balaban J connectivity index is 1.07. The summed E-state index contributed by atoms with van der Waals surface area (Å²) in [5.74, 6) is 0. The lowest BCUT2D eigenvalue weighted by Crippen LogP contribution is -2.62. The summed E-state index contributed by atoms with van der Waals surface area (Å²) in [6.07, 6.45) is 9.40. The van der Waals surface area contributed by atoms with Crippen LogP contribution >= 0.6 is 0 Å². The SMILES string of the molecule is CC1(C)CCC(C)(C)c2cc(N3c4cc5c(cc4B4c6cc7c(cc6N(c6ccc8c(c6)oc6ccccc68)c6cc(N8c9ccccc9C9(C)CCCCC89C)cc3c64)C(C)(C)c3ccccc3C7(C)C)C(C)(C)CCC5(C)C)ccc21. The minimum absolute atomic E-state index is 0.00135. The number of nitrogens with zero attached hydrogens (tertiary/aromatic N) is 3. The molecule has 83 heavy (non-hydrogen) atoms. The van der Waals surface area contributed by atoms with E-state index in [9.17, 15) is 0 Å². The van der Waals surface area contributed by atoms with Gasteiger partial charge in [0.2, 0.25) is 0 Å². The van der Waals surface area contributed by atoms with Gasteiger partial charge in [0.15, 0.2) is 0 Å². The highest BCUT2D eigenvalue weighted by Gasteiger charge is 2.58. The van der Waals surface area contributed by atoms with Crippen LogP contribution in [0.15, 0.2) is 150 Å². The van der Waals surface area contributed by atoms with Crippen LogP contribution in [-0.2, 0) is 37.9 Å². The molecule has 16 rings (SSSR count). The van der Waals surface area contributed by atoms with Crippen LogP contribution in [0.25, 0.3) is 21.9 Å². The highest BCUT2D eigenvalue weighted by atomic mass is 16.3. The molecule has 0 bridgehead atoms. The van der Waals surface area contributed by atoms with Crippen molar-refractivity contribution in [1.82, 2.24) is 0 Å². The Hall–Kier alpha value is -6.98. The molecule has 0 saturated heterocycles. The fourth-order valence-corrected chi connectivity index (χ4v) is 18.3. The van der Waals surface area contributed by atoms with Gasteiger partial charge in [0.25, 0.3) is 6.71 Å². The van der Waals surface area contributed by atoms with Crippen LogP contribution < -0.4 is 31.1 Å². The van der Waals surface area contributed by atoms with E-state index in [4.69, 9.17) is 4.42 Å². The Labute approximate surface area is 494 Å². The number of rotatable bonds is 3. The molecule has 418 valence electrons. The van der Waals surface area contributed by atoms with Crippen molar-refractivity contribution in [3.05, 3.63) is 196 Å². The molecule has 0 N–H and O–H groups in total. The number of hydrogen-bond donors (Lipinski definition) is 0. The summed E-state index contributed by atoms with van der Waals surface area (Å²) in [6.45, 7) is 35.0. The molecule has 3 aliphatic heterocycles. The molecule has 9 aromatic rings. The van der Waals surface area contributed by atoms with Gasteiger partial charge in [-0.3, -0.25) is 0 Å². The molecule has 5 heteroatoms. The second-order valence-electron chi connectivity index (χ2n) is 30.9. The predicted octanol–water partition coefficient (Wildman–Crippen LogP) is 19.1. The Morgan fingerprint density at radius 2 is 0.831 bits per heavy atom. The molecule has 4 nitrogen and oxygen atoms in total. The van der Waals surface area contributed by atoms with Crippen molar-refractivity contribution in [3.8, 4) is 0 Å². The van der Waals surface area contributed by atoms with Gasteiger partial charge < -0.3 is 19.1 Å². The third-order valence-corrected chi connectivity index (χ3v) is 23.8. The molecule has 1 saturated carbocycles. The first kappa shape index (κ1) is 51.6. The second kappa shape index (κ2) is 16.5. The fraction of sp³-hybridized carbons (Fsp3) is 0.385. The molecule has 0 spiro atoms. The third-order valence-electron chi connectivity index (χ3n) is 23.8. The third kappa shape index (κ3) is 6.72. The zero-order chi connectivity index (χ0) is 57.5. The van der Waals surface area contributed by atoms with Gasteiger partial charge in [0.05, 0.1) is 5.54 Å². The molecule has 7 aliphatic rings. The van der Waals surface area contributed by atoms with Gasteiger partial charge in [-0.15, -0.1) is 0 Å². The van der Waals surface area contributed by atoms with Crippen LogP contribution in [-0.4, -0.2) is 12.3 Å². The first-order valence-corrected chi connectivity index (χ1v) is 31.6. The smallest absolute Gasteiger partial charge is 0.252 e. The molecule has 8 aromatic carbocycles. The summed E-state index contributed by atoms with van der Waals surface area (Å²) in [5.41, 5.74) is 28.6. The maximum atomic E-state index is 6.90. The van der Waals surface area contributed by atoms with Crippen molar-refractivity contribution in [3.63, 3.8) is 0 Å². The summed E-state index contributed by atoms with van der Waals surface area (Å²) < 4.78 is 6.90. The van der Waals surface area contributed by atoms with Crippen molar-refractivity contribution in [1.29, 1.82) is 0 Å². The molecule has 2 unspecified atom stereocenters. The zero-order valence-electron chi connectivity index (χ0n) is 51.8. The van der Waals surface area contributed by atoms with Crippen LogP contribution in [0.5, 0.6) is 0 Å². The highest BCUT2D eigenvalue weighted by Crippen LogP contribution is 2.63. The molecular formula is C78H82BN3O. The van der Waals surface area contributed by atoms with Gasteiger partial charge in [0, 0.05) is 78.6 Å². The van der Waals surface area contributed by atoms with E-state index in [0.29, 0.717) is 0 Å². The first-order valence-electron chi connectivity index (χ1n) is 31.6. The zero-order valence-corrected chi connectivity index (χ0v) is 51.8. The number of para-hydroxylation sites is 2. The molecule has 4 heterocycles. The van der Waals surface area contributed by atoms with E-state index in [1.807, 2.05) is 0 Å². The van der Waals surface area contributed by atoms with Crippen LogP contribution in [0, 0.1) is 0 Å². The minimum atomic E-state index is -0.262. The number of anilines is 8. The molecular weight excluding hydrogens is 1010 g/mol. The largest absolute Gasteiger partial charge is 0.456 e. The van der Waals surface area contributed by atoms with E-state index in [0.717, 1.165) is 53.3 Å². The number of fused-ring (bicyclic) bond motifs is 14. The maximum Gasteiger partial charge on any atom is 0.252 e. The quantitative estimate of drug-likeness (QED) is 0.165. The van der Waals surface area contributed by atoms with Crippen molar-refractivity contribution >= 4 is 90.5 Å². The van der Waals surface area contributed by atoms with Crippen molar-refractivity contribution in [2.75, 3.05) is 14.7 Å². The Bertz CT molecular complexity index is 4320. The van der Waals surface area contributed by atoms with Crippen LogP contribution in [0.2, 0.25) is 0 Å². The lowest BCUT2D eigenvalue weighted by Gasteiger charge is -2.52. The highest BCUT2D eigenvalue weighted by molar-refractivity contribution is 7.00. The van der Waals surface area contributed by atoms with Gasteiger partial charge in [-0.2, -0.15) is 0 Å². The first-order chi connectivity index (χ1) is 39.4. The van der Waals surface area contributed by atoms with Crippen LogP contribution in [0.3, 0.4) is 0 Å². The van der Waals surface area contributed by atoms with E-state index in [1.165, 1.54) is 132 Å². The summed E-state index contributed by atoms with van der Waals surface area (Å²) in [7, 11) is 0. The summed E-state index contributed by atoms with van der Waals surface area (Å²) in [4.78, 5) is 8.31. The Morgan fingerprint density at radius 3 is 1.48 bits per heavy atom. The molecule has 0 amide bonds. The average Bonchev–Trinajstić information content (AvgIpc) is 1.55. The fourth-order valence-electron chi connectivity index (χ4n) is 18.3. The predicted molar refractivity (Wildman–Crippen MR) is 352 cm³/mol. The molecule has 4 aliphatic carbocycles. The van der Waals surface area contributed by atoms with E-state index in [1.54, 1.807) is 0 Å². The number of furan rings is 1. The van der Waals surface area contributed by atoms with E-state index in [2.05, 4.69) is 257 Å². The van der Waals surface area contributed by atoms with Gasteiger partial charge in [-0.05, 0) is 194 Å². The summed E-state index contributed by atoms with van der Waals surface area (Å²) in [6, 6.07) is 58.2. The average molecular weight is 1090 g/mol. The summed E-state index contributed by atoms with van der Waals surface area (Å²) >= 11 is 0. The molecule has 2 atom stereocenters. The minimum Gasteiger partial charge on any atom is -0.456 e. The Morgan fingerprint density at radius 1 is 0.349 bits per heavy atom. The monoisotopic (exact) mass is 1090 g/mol. The van der Waals surface area contributed by atoms with Crippen molar-refractivity contribution < 1.29 is 4.42 Å². The van der Waals surface area contributed by atoms with E-state index >= 15 is 0 Å². The standard InChI is InChI=1S/C78H82BN3O/c1-71(2)35-36-72(3,4)56-39-47(30-32-52(56)71)80-64-45-58-57(73(5,6)37-38-74(58,7)8)43-61(64)79-62-44-59-60(76(11,12)54-25-17-16-24-53(54)75(59,9)10)46-65(62)81(48-29-31-51-50-23-15-20-28-68(50)83-69(51)42-48)67-41-49(40-66(80)70(67)79)82-63-27-19-18-26-55(63)77(13)33-21-22-34-78(77,82)14/h15-20,23-32,39-46H,21-22,33-38H2,1-14H3. The van der Waals surface area contributed by atoms with Crippen LogP contribution in [0.4, 0.5) is 45.5 Å². The summed E-state index contributed by atoms with van der Waals surface area (Å²) in [5, 5.41) is 2.30. The van der Waals surface area contributed by atoms with E-state index in [-0.39, 0.29) is 50.2 Å². The molecule has 1 fully saturated rings. The van der Waals surface area contributed by atoms with Gasteiger partial charge in [-0.25, -0.2) is 0 Å². The topological polar surface area (TPSA) is 22.9 Å².